The second-order valence-corrected chi connectivity index (χ2v) is 7.22. The van der Waals surface area contributed by atoms with Crippen molar-refractivity contribution in [1.82, 2.24) is 25.5 Å². The Morgan fingerprint density at radius 1 is 1.33 bits per heavy atom. The molecule has 3 rings (SSSR count). The van der Waals surface area contributed by atoms with Gasteiger partial charge < -0.3 is 5.32 Å². The van der Waals surface area contributed by atoms with Crippen molar-refractivity contribution < 1.29 is 4.79 Å². The van der Waals surface area contributed by atoms with Gasteiger partial charge in [-0.25, -0.2) is 4.68 Å². The number of hydrogen-bond acceptors (Lipinski definition) is 5. The number of aryl methyl sites for hydroxylation is 1. The normalized spacial score (nSPS) is 16.2. The maximum absolute atomic E-state index is 12.8. The number of carbonyl (C=O) groups is 1. The molecule has 1 atom stereocenters. The summed E-state index contributed by atoms with van der Waals surface area (Å²) in [6, 6.07) is 10.2. The highest BCUT2D eigenvalue weighted by atomic mass is 32.2. The molecule has 24 heavy (non-hydrogen) atoms. The molecule has 128 valence electrons. The van der Waals surface area contributed by atoms with Gasteiger partial charge in [-0.05, 0) is 34.7 Å². The van der Waals surface area contributed by atoms with Gasteiger partial charge in [0.2, 0.25) is 11.1 Å². The third-order valence-corrected chi connectivity index (χ3v) is 5.54. The van der Waals surface area contributed by atoms with Gasteiger partial charge in [-0.3, -0.25) is 4.79 Å². The van der Waals surface area contributed by atoms with Gasteiger partial charge in [0.15, 0.2) is 0 Å². The van der Waals surface area contributed by atoms with E-state index in [1.165, 1.54) is 12.8 Å². The summed E-state index contributed by atoms with van der Waals surface area (Å²) in [5.74, 6) is 1.33. The lowest BCUT2D eigenvalue weighted by molar-refractivity contribution is -0.123. The lowest BCUT2D eigenvalue weighted by Gasteiger charge is -2.23. The van der Waals surface area contributed by atoms with Crippen LogP contribution in [0.5, 0.6) is 0 Å². The predicted molar refractivity (Wildman–Crippen MR) is 93.7 cm³/mol. The summed E-state index contributed by atoms with van der Waals surface area (Å²) >= 11 is 1.55. The third-order valence-electron chi connectivity index (χ3n) is 4.53. The number of nitrogens with one attached hydrogen (secondary N) is 1. The summed E-state index contributed by atoms with van der Waals surface area (Å²) < 4.78 is 1.64. The Hall–Kier alpha value is -1.89. The van der Waals surface area contributed by atoms with Gasteiger partial charge in [0, 0.05) is 19.3 Å². The fourth-order valence-electron chi connectivity index (χ4n) is 3.36. The molecule has 1 aliphatic rings. The standard InChI is InChI=1S/C17H23N5OS/c1-22-17(19-20-21-22)24-12-11-18-16(23)15(14-9-5-6-10-14)13-7-3-2-4-8-13/h2-4,7-8,14-15H,5-6,9-12H2,1H3,(H,18,23). The first-order valence-electron chi connectivity index (χ1n) is 8.43. The minimum atomic E-state index is -0.0322. The molecule has 0 radical (unpaired) electrons. The van der Waals surface area contributed by atoms with Crippen LogP contribution in [0.4, 0.5) is 0 Å². The minimum absolute atomic E-state index is 0.0322. The average Bonchev–Trinajstić information content (AvgIpc) is 3.25. The van der Waals surface area contributed by atoms with Crippen molar-refractivity contribution in [1.29, 1.82) is 0 Å². The van der Waals surface area contributed by atoms with E-state index in [4.69, 9.17) is 0 Å². The van der Waals surface area contributed by atoms with Gasteiger partial charge in [0.1, 0.15) is 0 Å². The monoisotopic (exact) mass is 345 g/mol. The quantitative estimate of drug-likeness (QED) is 0.616. The van der Waals surface area contributed by atoms with E-state index in [1.54, 1.807) is 16.4 Å². The Morgan fingerprint density at radius 3 is 2.75 bits per heavy atom. The second-order valence-electron chi connectivity index (χ2n) is 6.16. The molecule has 1 aromatic carbocycles. The van der Waals surface area contributed by atoms with E-state index in [0.717, 1.165) is 29.3 Å². The maximum Gasteiger partial charge on any atom is 0.227 e. The van der Waals surface area contributed by atoms with E-state index < -0.39 is 0 Å². The number of aromatic nitrogens is 4. The SMILES string of the molecule is Cn1nnnc1SCCNC(=O)C(c1ccccc1)C1CCCC1. The van der Waals surface area contributed by atoms with Crippen molar-refractivity contribution in [2.45, 2.75) is 36.8 Å². The molecule has 0 saturated heterocycles. The van der Waals surface area contributed by atoms with Gasteiger partial charge in [0.25, 0.3) is 0 Å². The minimum Gasteiger partial charge on any atom is -0.355 e. The van der Waals surface area contributed by atoms with Crippen molar-refractivity contribution in [3.63, 3.8) is 0 Å². The van der Waals surface area contributed by atoms with E-state index in [1.807, 2.05) is 25.2 Å². The Labute approximate surface area is 146 Å². The Bertz CT molecular complexity index is 654. The molecule has 2 aromatic rings. The highest BCUT2D eigenvalue weighted by Gasteiger charge is 2.31. The van der Waals surface area contributed by atoms with Crippen LogP contribution in [0.3, 0.4) is 0 Å². The van der Waals surface area contributed by atoms with E-state index in [0.29, 0.717) is 12.5 Å². The first kappa shape index (κ1) is 17.0. The number of thioether (sulfide) groups is 1. The van der Waals surface area contributed by atoms with Crippen LogP contribution in [-0.4, -0.2) is 38.4 Å². The van der Waals surface area contributed by atoms with Crippen LogP contribution < -0.4 is 5.32 Å². The van der Waals surface area contributed by atoms with Crippen LogP contribution in [0.1, 0.15) is 37.2 Å². The molecule has 1 aromatic heterocycles. The number of tetrazole rings is 1. The van der Waals surface area contributed by atoms with Crippen molar-refractivity contribution >= 4 is 17.7 Å². The second kappa shape index (κ2) is 8.28. The molecule has 7 heteroatoms. The first-order valence-corrected chi connectivity index (χ1v) is 9.42. The summed E-state index contributed by atoms with van der Waals surface area (Å²) in [7, 11) is 1.81. The molecular weight excluding hydrogens is 322 g/mol. The molecule has 1 aliphatic carbocycles. The van der Waals surface area contributed by atoms with Gasteiger partial charge in [-0.1, -0.05) is 54.9 Å². The number of nitrogens with zero attached hydrogens (tertiary/aromatic N) is 4. The Balaban J connectivity index is 1.56. The van der Waals surface area contributed by atoms with Gasteiger partial charge in [0.05, 0.1) is 5.92 Å². The topological polar surface area (TPSA) is 72.7 Å². The molecule has 1 N–H and O–H groups in total. The summed E-state index contributed by atoms with van der Waals surface area (Å²) in [6.45, 7) is 0.617. The zero-order valence-electron chi connectivity index (χ0n) is 13.9. The Morgan fingerprint density at radius 2 is 2.08 bits per heavy atom. The molecular formula is C17H23N5OS. The predicted octanol–water partition coefficient (Wildman–Crippen LogP) is 2.39. The molecule has 0 bridgehead atoms. The first-order chi connectivity index (χ1) is 11.8. The number of benzene rings is 1. The summed E-state index contributed by atoms with van der Waals surface area (Å²) in [5, 5.41) is 15.2. The lowest BCUT2D eigenvalue weighted by atomic mass is 9.84. The summed E-state index contributed by atoms with van der Waals surface area (Å²) in [6.07, 6.45) is 4.76. The van der Waals surface area contributed by atoms with E-state index in [-0.39, 0.29) is 11.8 Å². The third kappa shape index (κ3) is 4.14. The van der Waals surface area contributed by atoms with Gasteiger partial charge in [-0.15, -0.1) is 5.10 Å². The fraction of sp³-hybridized carbons (Fsp3) is 0.529. The van der Waals surface area contributed by atoms with Gasteiger partial charge in [-0.2, -0.15) is 0 Å². The molecule has 1 fully saturated rings. The largest absolute Gasteiger partial charge is 0.355 e. The van der Waals surface area contributed by atoms with E-state index >= 15 is 0 Å². The smallest absolute Gasteiger partial charge is 0.227 e. The van der Waals surface area contributed by atoms with Gasteiger partial charge >= 0.3 is 0 Å². The molecule has 0 spiro atoms. The maximum atomic E-state index is 12.8. The zero-order valence-corrected chi connectivity index (χ0v) is 14.7. The zero-order chi connectivity index (χ0) is 16.8. The average molecular weight is 345 g/mol. The lowest BCUT2D eigenvalue weighted by Crippen LogP contribution is -2.34. The Kier molecular flexibility index (Phi) is 5.85. The van der Waals surface area contributed by atoms with Crippen LogP contribution in [0, 0.1) is 5.92 Å². The molecule has 0 aliphatic heterocycles. The van der Waals surface area contributed by atoms with Crippen molar-refractivity contribution in [2.24, 2.45) is 13.0 Å². The molecule has 1 saturated carbocycles. The number of carbonyl (C=O) groups excluding carboxylic acids is 1. The highest BCUT2D eigenvalue weighted by Crippen LogP contribution is 2.37. The fourth-order valence-corrected chi connectivity index (χ4v) is 4.06. The van der Waals surface area contributed by atoms with Crippen LogP contribution in [-0.2, 0) is 11.8 Å². The van der Waals surface area contributed by atoms with Crippen molar-refractivity contribution in [3.8, 4) is 0 Å². The van der Waals surface area contributed by atoms with Crippen molar-refractivity contribution in [2.75, 3.05) is 12.3 Å². The van der Waals surface area contributed by atoms with Crippen LogP contribution >= 0.6 is 11.8 Å². The molecule has 6 nitrogen and oxygen atoms in total. The number of amides is 1. The number of hydrogen-bond donors (Lipinski definition) is 1. The van der Waals surface area contributed by atoms with Crippen LogP contribution in [0.2, 0.25) is 0 Å². The number of rotatable bonds is 7. The summed E-state index contributed by atoms with van der Waals surface area (Å²) in [5.41, 5.74) is 1.13. The van der Waals surface area contributed by atoms with E-state index in [9.17, 15) is 4.79 Å². The molecule has 1 heterocycles. The molecule has 1 unspecified atom stereocenters. The summed E-state index contributed by atoms with van der Waals surface area (Å²) in [4.78, 5) is 12.8. The van der Waals surface area contributed by atoms with E-state index in [2.05, 4.69) is 33.0 Å². The van der Waals surface area contributed by atoms with Crippen molar-refractivity contribution in [3.05, 3.63) is 35.9 Å². The van der Waals surface area contributed by atoms with Crippen LogP contribution in [0.25, 0.3) is 0 Å². The molecule has 1 amide bonds. The highest BCUT2D eigenvalue weighted by molar-refractivity contribution is 7.99. The van der Waals surface area contributed by atoms with Crippen LogP contribution in [0.15, 0.2) is 35.5 Å².